The number of thioether (sulfide) groups is 1. The van der Waals surface area contributed by atoms with Gasteiger partial charge in [-0.2, -0.15) is 0 Å². The molecule has 1 amide bonds. The number of carboxylic acid groups (broad SMARTS) is 1. The van der Waals surface area contributed by atoms with Gasteiger partial charge in [0.05, 0.1) is 0 Å². The minimum atomic E-state index is -1.09. The Morgan fingerprint density at radius 2 is 2.23 bits per heavy atom. The minimum absolute atomic E-state index is 0.102. The van der Waals surface area contributed by atoms with Crippen molar-refractivity contribution in [3.8, 4) is 0 Å². The molecule has 1 atom stereocenters. The number of hydrogen-bond donors (Lipinski definition) is 3. The van der Waals surface area contributed by atoms with Gasteiger partial charge in [-0.1, -0.05) is 18.7 Å². The van der Waals surface area contributed by atoms with E-state index in [9.17, 15) is 9.59 Å². The lowest BCUT2D eigenvalue weighted by atomic mass is 10.4. The van der Waals surface area contributed by atoms with Crippen molar-refractivity contribution in [1.29, 1.82) is 0 Å². The van der Waals surface area contributed by atoms with Crippen molar-refractivity contribution in [2.45, 2.75) is 19.4 Å². The van der Waals surface area contributed by atoms with Gasteiger partial charge in [-0.25, -0.2) is 0 Å². The van der Waals surface area contributed by atoms with Crippen molar-refractivity contribution in [2.24, 2.45) is 5.73 Å². The summed E-state index contributed by atoms with van der Waals surface area (Å²) in [5, 5.41) is 10.8. The Balaban J connectivity index is 3.52. The van der Waals surface area contributed by atoms with E-state index in [0.29, 0.717) is 6.54 Å². The third kappa shape index (κ3) is 6.41. The lowest BCUT2D eigenvalue weighted by Gasteiger charge is -2.05. The van der Waals surface area contributed by atoms with Crippen LogP contribution in [0, 0.1) is 0 Å². The zero-order chi connectivity index (χ0) is 10.3. The van der Waals surface area contributed by atoms with Gasteiger partial charge >= 0.3 is 5.97 Å². The first-order valence-corrected chi connectivity index (χ1v) is 4.95. The minimum Gasteiger partial charge on any atom is -0.480 e. The van der Waals surface area contributed by atoms with E-state index in [2.05, 4.69) is 5.32 Å². The summed E-state index contributed by atoms with van der Waals surface area (Å²) in [7, 11) is 0. The lowest BCUT2D eigenvalue weighted by molar-refractivity contribution is -0.137. The first-order chi connectivity index (χ1) is 6.07. The van der Waals surface area contributed by atoms with E-state index < -0.39 is 12.0 Å². The van der Waals surface area contributed by atoms with Crippen LogP contribution < -0.4 is 11.1 Å². The normalized spacial score (nSPS) is 12.2. The van der Waals surface area contributed by atoms with Gasteiger partial charge in [0.15, 0.2) is 0 Å². The Morgan fingerprint density at radius 1 is 1.62 bits per heavy atom. The molecule has 0 radical (unpaired) electrons. The number of aliphatic carboxylic acids is 1. The van der Waals surface area contributed by atoms with E-state index in [4.69, 9.17) is 10.8 Å². The van der Waals surface area contributed by atoms with Crippen LogP contribution in [0.15, 0.2) is 0 Å². The van der Waals surface area contributed by atoms with Crippen molar-refractivity contribution in [3.63, 3.8) is 0 Å². The highest BCUT2D eigenvalue weighted by atomic mass is 32.2. The second-order valence-corrected chi connectivity index (χ2v) is 3.46. The van der Waals surface area contributed by atoms with E-state index in [1.807, 2.05) is 6.92 Å². The van der Waals surface area contributed by atoms with Gasteiger partial charge in [-0.3, -0.25) is 9.59 Å². The molecule has 0 spiro atoms. The Bertz CT molecular complexity index is 187. The molecule has 0 saturated carbocycles. The van der Waals surface area contributed by atoms with Crippen LogP contribution in [0.4, 0.5) is 4.79 Å². The highest BCUT2D eigenvalue weighted by molar-refractivity contribution is 8.13. The third-order valence-corrected chi connectivity index (χ3v) is 2.16. The van der Waals surface area contributed by atoms with Crippen LogP contribution in [0.1, 0.15) is 13.3 Å². The van der Waals surface area contributed by atoms with Crippen LogP contribution >= 0.6 is 11.8 Å². The number of nitrogens with one attached hydrogen (secondary N) is 1. The number of carbonyl (C=O) groups excluding carboxylic acids is 1. The fourth-order valence-electron chi connectivity index (χ4n) is 0.515. The zero-order valence-electron chi connectivity index (χ0n) is 7.45. The van der Waals surface area contributed by atoms with E-state index >= 15 is 0 Å². The summed E-state index contributed by atoms with van der Waals surface area (Å²) in [6.07, 6.45) is 0.858. The van der Waals surface area contributed by atoms with Gasteiger partial charge in [0.2, 0.25) is 0 Å². The Kier molecular flexibility index (Phi) is 6.34. The predicted molar refractivity (Wildman–Crippen MR) is 51.8 cm³/mol. The second-order valence-electron chi connectivity index (χ2n) is 2.47. The van der Waals surface area contributed by atoms with Gasteiger partial charge in [0.25, 0.3) is 5.24 Å². The fourth-order valence-corrected chi connectivity index (χ4v) is 1.19. The number of rotatable bonds is 5. The molecule has 4 N–H and O–H groups in total. The second kappa shape index (κ2) is 6.73. The largest absolute Gasteiger partial charge is 0.480 e. The summed E-state index contributed by atoms with van der Waals surface area (Å²) in [5.41, 5.74) is 5.19. The maximum Gasteiger partial charge on any atom is 0.321 e. The molecule has 5 nitrogen and oxygen atoms in total. The molecule has 6 heteroatoms. The summed E-state index contributed by atoms with van der Waals surface area (Å²) in [5.74, 6) is -0.985. The zero-order valence-corrected chi connectivity index (χ0v) is 8.26. The van der Waals surface area contributed by atoms with Crippen molar-refractivity contribution >= 4 is 23.0 Å². The predicted octanol–water partition coefficient (Wildman–Crippen LogP) is 0.251. The van der Waals surface area contributed by atoms with Crippen molar-refractivity contribution in [2.75, 3.05) is 12.3 Å². The maximum atomic E-state index is 10.9. The average molecular weight is 206 g/mol. The number of carbonyl (C=O) groups is 2. The van der Waals surface area contributed by atoms with Crippen molar-refractivity contribution in [3.05, 3.63) is 0 Å². The molecule has 1 unspecified atom stereocenters. The number of nitrogens with two attached hydrogens (primary N) is 1. The van der Waals surface area contributed by atoms with Gasteiger partial charge in [-0.05, 0) is 6.42 Å². The molecule has 0 fully saturated rings. The molecule has 13 heavy (non-hydrogen) atoms. The number of amides is 1. The Labute approximate surface area is 81.1 Å². The molecule has 76 valence electrons. The highest BCUT2D eigenvalue weighted by Gasteiger charge is 2.13. The molecule has 0 aliphatic heterocycles. The van der Waals surface area contributed by atoms with Gasteiger partial charge in [-0.15, -0.1) is 0 Å². The molecule has 0 aromatic rings. The van der Waals surface area contributed by atoms with Crippen LogP contribution in [0.25, 0.3) is 0 Å². The van der Waals surface area contributed by atoms with Gasteiger partial charge < -0.3 is 16.2 Å². The Morgan fingerprint density at radius 3 is 2.69 bits per heavy atom. The van der Waals surface area contributed by atoms with Crippen LogP contribution in [0.3, 0.4) is 0 Å². The molecule has 0 heterocycles. The number of hydrogen-bond acceptors (Lipinski definition) is 4. The summed E-state index contributed by atoms with van der Waals surface area (Å²) in [6.45, 7) is 2.54. The molecule has 0 saturated heterocycles. The molecule has 0 aliphatic rings. The van der Waals surface area contributed by atoms with E-state index in [-0.39, 0.29) is 11.0 Å². The fraction of sp³-hybridized carbons (Fsp3) is 0.714. The molecule has 0 aliphatic carbocycles. The summed E-state index contributed by atoms with van der Waals surface area (Å²) < 4.78 is 0. The maximum absolute atomic E-state index is 10.9. The van der Waals surface area contributed by atoms with Gasteiger partial charge in [0.1, 0.15) is 6.04 Å². The summed E-state index contributed by atoms with van der Waals surface area (Å²) in [6, 6.07) is -0.975. The topological polar surface area (TPSA) is 92.4 Å². The third-order valence-electron chi connectivity index (χ3n) is 1.23. The van der Waals surface area contributed by atoms with Crippen molar-refractivity contribution in [1.82, 2.24) is 5.32 Å². The highest BCUT2D eigenvalue weighted by Crippen LogP contribution is 2.02. The van der Waals surface area contributed by atoms with E-state index in [0.717, 1.165) is 18.2 Å². The number of carboxylic acids is 1. The monoisotopic (exact) mass is 206 g/mol. The molecule has 0 rings (SSSR count). The van der Waals surface area contributed by atoms with Gasteiger partial charge in [0, 0.05) is 12.3 Å². The summed E-state index contributed by atoms with van der Waals surface area (Å²) in [4.78, 5) is 21.2. The quantitative estimate of drug-likeness (QED) is 0.599. The molecular weight excluding hydrogens is 192 g/mol. The first-order valence-electron chi connectivity index (χ1n) is 3.97. The summed E-state index contributed by atoms with van der Waals surface area (Å²) >= 11 is 0.897. The van der Waals surface area contributed by atoms with E-state index in [1.165, 1.54) is 0 Å². The van der Waals surface area contributed by atoms with Crippen LogP contribution in [0.2, 0.25) is 0 Å². The van der Waals surface area contributed by atoms with Crippen molar-refractivity contribution < 1.29 is 14.7 Å². The lowest BCUT2D eigenvalue weighted by Crippen LogP contribution is -2.33. The molecule has 0 bridgehead atoms. The van der Waals surface area contributed by atoms with Crippen LogP contribution in [-0.4, -0.2) is 34.7 Å². The molecule has 0 aromatic heterocycles. The smallest absolute Gasteiger partial charge is 0.321 e. The SMILES string of the molecule is CCCNC(=O)SCC(N)C(=O)O. The average Bonchev–Trinajstić information content (AvgIpc) is 2.10. The van der Waals surface area contributed by atoms with Crippen LogP contribution in [-0.2, 0) is 4.79 Å². The van der Waals surface area contributed by atoms with E-state index in [1.54, 1.807) is 0 Å². The first kappa shape index (κ1) is 12.2. The molecule has 0 aromatic carbocycles. The Hall–Kier alpha value is -0.750. The van der Waals surface area contributed by atoms with Crippen LogP contribution in [0.5, 0.6) is 0 Å². The standard InChI is InChI=1S/C7H14N2O3S/c1-2-3-9-7(12)13-4-5(8)6(10)11/h5H,2-4,8H2,1H3,(H,9,12)(H,10,11). The molecular formula is C7H14N2O3S.